The number of esters is 1. The molecule has 0 fully saturated rings. The van der Waals surface area contributed by atoms with Crippen molar-refractivity contribution >= 4 is 11.9 Å². The fraction of sp³-hybridized carbons (Fsp3) is 0.474. The predicted octanol–water partition coefficient (Wildman–Crippen LogP) is 2.67. The third-order valence-corrected chi connectivity index (χ3v) is 4.06. The van der Waals surface area contributed by atoms with Crippen LogP contribution in [0.3, 0.4) is 0 Å². The fourth-order valence-electron chi connectivity index (χ4n) is 2.79. The Morgan fingerprint density at radius 3 is 2.44 bits per heavy atom. The molecule has 0 bridgehead atoms. The van der Waals surface area contributed by atoms with Crippen LogP contribution >= 0.6 is 0 Å². The molecule has 1 aliphatic rings. The summed E-state index contributed by atoms with van der Waals surface area (Å²) < 4.78 is 15.8. The van der Waals surface area contributed by atoms with E-state index in [1.54, 1.807) is 18.9 Å². The molecule has 0 spiro atoms. The third-order valence-electron chi connectivity index (χ3n) is 4.06. The topological polar surface area (TPSA) is 65.1 Å². The summed E-state index contributed by atoms with van der Waals surface area (Å²) >= 11 is 0. The summed E-state index contributed by atoms with van der Waals surface area (Å²) in [5.41, 5.74) is 2.18. The van der Waals surface area contributed by atoms with Crippen LogP contribution < -0.4 is 4.74 Å². The van der Waals surface area contributed by atoms with Gasteiger partial charge in [-0.25, -0.2) is 4.79 Å². The molecule has 1 aromatic rings. The van der Waals surface area contributed by atoms with E-state index in [4.69, 9.17) is 14.2 Å². The van der Waals surface area contributed by atoms with E-state index in [-0.39, 0.29) is 11.9 Å². The zero-order valence-corrected chi connectivity index (χ0v) is 15.0. The van der Waals surface area contributed by atoms with Crippen LogP contribution in [0.25, 0.3) is 0 Å². The summed E-state index contributed by atoms with van der Waals surface area (Å²) in [4.78, 5) is 26.3. The molecule has 6 nitrogen and oxygen atoms in total. The minimum atomic E-state index is -0.371. The highest BCUT2D eigenvalue weighted by atomic mass is 16.5. The lowest BCUT2D eigenvalue weighted by atomic mass is 10.1. The Hall–Kier alpha value is -2.34. The highest BCUT2D eigenvalue weighted by molar-refractivity contribution is 5.90. The summed E-state index contributed by atoms with van der Waals surface area (Å²) in [6.07, 6.45) is 0.949. The van der Waals surface area contributed by atoms with Crippen LogP contribution in [0.15, 0.2) is 35.5 Å². The molecule has 0 radical (unpaired) electrons. The van der Waals surface area contributed by atoms with Gasteiger partial charge in [0, 0.05) is 25.5 Å². The summed E-state index contributed by atoms with van der Waals surface area (Å²) in [6, 6.07) is 7.52. The molecule has 2 rings (SSSR count). The van der Waals surface area contributed by atoms with Gasteiger partial charge in [-0.3, -0.25) is 4.79 Å². The van der Waals surface area contributed by atoms with E-state index >= 15 is 0 Å². The van der Waals surface area contributed by atoms with Crippen LogP contribution in [-0.2, 0) is 25.6 Å². The summed E-state index contributed by atoms with van der Waals surface area (Å²) in [5, 5.41) is 0. The van der Waals surface area contributed by atoms with Gasteiger partial charge in [-0.2, -0.15) is 0 Å². The number of methoxy groups -OCH3 is 1. The summed E-state index contributed by atoms with van der Waals surface area (Å²) in [5.74, 6) is 0.269. The number of hydrogen-bond donors (Lipinski definition) is 0. The van der Waals surface area contributed by atoms with Gasteiger partial charge in [0.05, 0.1) is 39.0 Å². The van der Waals surface area contributed by atoms with Gasteiger partial charge in [-0.1, -0.05) is 12.1 Å². The van der Waals surface area contributed by atoms with Gasteiger partial charge in [0.25, 0.3) is 0 Å². The molecule has 0 unspecified atom stereocenters. The summed E-state index contributed by atoms with van der Waals surface area (Å²) in [6.45, 7) is 4.89. The van der Waals surface area contributed by atoms with E-state index in [9.17, 15) is 9.59 Å². The van der Waals surface area contributed by atoms with Crippen molar-refractivity contribution in [2.24, 2.45) is 0 Å². The standard InChI is InChI=1S/C19H25NO5/c1-4-25-19(22)17-9-11-24-12-10-18(17)20(14(2)21)13-15-5-7-16(23-3)8-6-15/h5-8H,4,9-13H2,1-3H3. The predicted molar refractivity (Wildman–Crippen MR) is 92.9 cm³/mol. The van der Waals surface area contributed by atoms with Gasteiger partial charge in [0.1, 0.15) is 5.75 Å². The average Bonchev–Trinajstić information content (AvgIpc) is 2.86. The molecule has 6 heteroatoms. The van der Waals surface area contributed by atoms with Crippen molar-refractivity contribution in [2.75, 3.05) is 26.9 Å². The van der Waals surface area contributed by atoms with Crippen LogP contribution in [0.2, 0.25) is 0 Å². The lowest BCUT2D eigenvalue weighted by Gasteiger charge is -2.26. The molecular formula is C19H25NO5. The molecule has 1 aromatic carbocycles. The molecule has 1 amide bonds. The number of hydrogen-bond acceptors (Lipinski definition) is 5. The Morgan fingerprint density at radius 2 is 1.84 bits per heavy atom. The molecular weight excluding hydrogens is 322 g/mol. The zero-order valence-electron chi connectivity index (χ0n) is 15.0. The minimum Gasteiger partial charge on any atom is -0.497 e. The normalized spacial score (nSPS) is 14.7. The maximum Gasteiger partial charge on any atom is 0.335 e. The van der Waals surface area contributed by atoms with Gasteiger partial charge < -0.3 is 19.1 Å². The van der Waals surface area contributed by atoms with E-state index < -0.39 is 0 Å². The van der Waals surface area contributed by atoms with Crippen molar-refractivity contribution in [1.82, 2.24) is 4.90 Å². The zero-order chi connectivity index (χ0) is 18.2. The van der Waals surface area contributed by atoms with Crippen molar-refractivity contribution in [3.8, 4) is 5.75 Å². The monoisotopic (exact) mass is 347 g/mol. The first kappa shape index (κ1) is 19.0. The van der Waals surface area contributed by atoms with E-state index in [2.05, 4.69) is 0 Å². The Bertz CT molecular complexity index is 636. The van der Waals surface area contributed by atoms with Crippen molar-refractivity contribution in [2.45, 2.75) is 33.2 Å². The Balaban J connectivity index is 2.33. The summed E-state index contributed by atoms with van der Waals surface area (Å²) in [7, 11) is 1.61. The third kappa shape index (κ3) is 5.06. The lowest BCUT2D eigenvalue weighted by Crippen LogP contribution is -2.30. The van der Waals surface area contributed by atoms with Crippen LogP contribution in [0.1, 0.15) is 32.3 Å². The molecule has 0 saturated carbocycles. The fourth-order valence-corrected chi connectivity index (χ4v) is 2.79. The second-order valence-corrected chi connectivity index (χ2v) is 5.71. The number of ether oxygens (including phenoxy) is 3. The van der Waals surface area contributed by atoms with Gasteiger partial charge in [-0.05, 0) is 24.6 Å². The molecule has 1 aliphatic heterocycles. The van der Waals surface area contributed by atoms with Crippen molar-refractivity contribution in [3.05, 3.63) is 41.1 Å². The van der Waals surface area contributed by atoms with Crippen molar-refractivity contribution < 1.29 is 23.8 Å². The molecule has 0 N–H and O–H groups in total. The Labute approximate surface area is 148 Å². The number of carbonyl (C=O) groups excluding carboxylic acids is 2. The highest BCUT2D eigenvalue weighted by Gasteiger charge is 2.25. The van der Waals surface area contributed by atoms with Gasteiger partial charge in [0.15, 0.2) is 0 Å². The maximum atomic E-state index is 12.3. The number of amides is 1. The second kappa shape index (κ2) is 9.22. The minimum absolute atomic E-state index is 0.116. The SMILES string of the molecule is CCOC(=O)C1=C(N(Cc2ccc(OC)cc2)C(C)=O)CCOCC1. The van der Waals surface area contributed by atoms with Crippen LogP contribution in [-0.4, -0.2) is 43.7 Å². The van der Waals surface area contributed by atoms with Gasteiger partial charge >= 0.3 is 5.97 Å². The molecule has 0 aliphatic carbocycles. The van der Waals surface area contributed by atoms with Gasteiger partial charge in [0.2, 0.25) is 5.91 Å². The van der Waals surface area contributed by atoms with Crippen molar-refractivity contribution in [3.63, 3.8) is 0 Å². The van der Waals surface area contributed by atoms with Crippen LogP contribution in [0.5, 0.6) is 5.75 Å². The van der Waals surface area contributed by atoms with Crippen molar-refractivity contribution in [1.29, 1.82) is 0 Å². The lowest BCUT2D eigenvalue weighted by molar-refractivity contribution is -0.139. The van der Waals surface area contributed by atoms with Crippen LogP contribution in [0, 0.1) is 0 Å². The van der Waals surface area contributed by atoms with Gasteiger partial charge in [-0.15, -0.1) is 0 Å². The first-order valence-electron chi connectivity index (χ1n) is 8.44. The van der Waals surface area contributed by atoms with E-state index in [1.165, 1.54) is 6.92 Å². The Morgan fingerprint density at radius 1 is 1.16 bits per heavy atom. The largest absolute Gasteiger partial charge is 0.497 e. The molecule has 136 valence electrons. The first-order valence-corrected chi connectivity index (χ1v) is 8.44. The van der Waals surface area contributed by atoms with Crippen LogP contribution in [0.4, 0.5) is 0 Å². The maximum absolute atomic E-state index is 12.3. The highest BCUT2D eigenvalue weighted by Crippen LogP contribution is 2.25. The number of rotatable bonds is 6. The first-order chi connectivity index (χ1) is 12.1. The molecule has 0 saturated heterocycles. The molecule has 0 aromatic heterocycles. The van der Waals surface area contributed by atoms with E-state index in [1.807, 2.05) is 24.3 Å². The number of nitrogens with zero attached hydrogens (tertiary/aromatic N) is 1. The number of carbonyl (C=O) groups is 2. The molecule has 25 heavy (non-hydrogen) atoms. The molecule has 0 atom stereocenters. The second-order valence-electron chi connectivity index (χ2n) is 5.71. The van der Waals surface area contributed by atoms with E-state index in [0.29, 0.717) is 50.5 Å². The molecule has 1 heterocycles. The van der Waals surface area contributed by atoms with E-state index in [0.717, 1.165) is 11.3 Å². The Kier molecular flexibility index (Phi) is 7.01. The average molecular weight is 347 g/mol. The smallest absolute Gasteiger partial charge is 0.335 e. The number of benzene rings is 1. The quantitative estimate of drug-likeness (QED) is 0.740.